The van der Waals surface area contributed by atoms with E-state index >= 15 is 0 Å². The van der Waals surface area contributed by atoms with Crippen LogP contribution in [0.3, 0.4) is 0 Å². The summed E-state index contributed by atoms with van der Waals surface area (Å²) >= 11 is 6.65. The van der Waals surface area contributed by atoms with Gasteiger partial charge in [-0.2, -0.15) is 0 Å². The van der Waals surface area contributed by atoms with Crippen LogP contribution in [-0.4, -0.2) is 48.0 Å². The number of furan rings is 1. The summed E-state index contributed by atoms with van der Waals surface area (Å²) < 4.78 is 11.8. The zero-order valence-electron chi connectivity index (χ0n) is 13.3. The van der Waals surface area contributed by atoms with Crippen LogP contribution >= 0.6 is 24.0 Å². The maximum absolute atomic E-state index is 12.4. The molecular weight excluding hydrogens is 332 g/mol. The Morgan fingerprint density at radius 3 is 2.78 bits per heavy atom. The van der Waals surface area contributed by atoms with Gasteiger partial charge in [0, 0.05) is 31.8 Å². The quantitative estimate of drug-likeness (QED) is 0.613. The number of thiocarbonyl (C=S) groups is 1. The highest BCUT2D eigenvalue weighted by Gasteiger charge is 2.32. The van der Waals surface area contributed by atoms with Crippen LogP contribution in [0.1, 0.15) is 19.6 Å². The Balaban J connectivity index is 1.73. The van der Waals surface area contributed by atoms with E-state index in [0.29, 0.717) is 40.7 Å². The Kier molecular flexibility index (Phi) is 5.08. The molecular formula is C16H20N2O3S2. The van der Waals surface area contributed by atoms with Crippen LogP contribution in [0.25, 0.3) is 6.08 Å². The van der Waals surface area contributed by atoms with Crippen molar-refractivity contribution in [1.29, 1.82) is 0 Å². The van der Waals surface area contributed by atoms with Crippen molar-refractivity contribution in [2.45, 2.75) is 13.8 Å². The van der Waals surface area contributed by atoms with Crippen molar-refractivity contribution in [2.75, 3.05) is 37.7 Å². The molecule has 3 heterocycles. The molecule has 5 nitrogen and oxygen atoms in total. The van der Waals surface area contributed by atoms with Gasteiger partial charge in [-0.1, -0.05) is 37.8 Å². The first-order valence-electron chi connectivity index (χ1n) is 7.72. The topological polar surface area (TPSA) is 45.9 Å². The largest absolute Gasteiger partial charge is 0.441 e. The number of anilines is 1. The molecule has 23 heavy (non-hydrogen) atoms. The molecule has 2 fully saturated rings. The van der Waals surface area contributed by atoms with Gasteiger partial charge in [0.05, 0.1) is 18.1 Å². The van der Waals surface area contributed by atoms with Gasteiger partial charge in [0.15, 0.2) is 5.88 Å². The van der Waals surface area contributed by atoms with Crippen LogP contribution < -0.4 is 4.90 Å². The fraction of sp³-hybridized carbons (Fsp3) is 0.500. The summed E-state index contributed by atoms with van der Waals surface area (Å²) in [5, 5.41) is 0. The van der Waals surface area contributed by atoms with Crippen LogP contribution in [0.2, 0.25) is 0 Å². The summed E-state index contributed by atoms with van der Waals surface area (Å²) in [6.45, 7) is 7.87. The highest BCUT2D eigenvalue weighted by molar-refractivity contribution is 8.26. The third kappa shape index (κ3) is 3.79. The van der Waals surface area contributed by atoms with Crippen molar-refractivity contribution in [3.8, 4) is 0 Å². The fourth-order valence-corrected chi connectivity index (χ4v) is 3.78. The second kappa shape index (κ2) is 7.07. The molecule has 0 atom stereocenters. The van der Waals surface area contributed by atoms with E-state index in [1.165, 1.54) is 11.8 Å². The first-order chi connectivity index (χ1) is 11.0. The number of amides is 1. The first kappa shape index (κ1) is 16.5. The lowest BCUT2D eigenvalue weighted by atomic mass is 10.2. The number of hydrogen-bond donors (Lipinski definition) is 0. The van der Waals surface area contributed by atoms with Crippen LogP contribution in [0.4, 0.5) is 5.88 Å². The molecule has 2 saturated heterocycles. The minimum atomic E-state index is -0.0296. The van der Waals surface area contributed by atoms with Crippen molar-refractivity contribution in [3.05, 3.63) is 22.8 Å². The van der Waals surface area contributed by atoms with Crippen LogP contribution in [-0.2, 0) is 9.53 Å². The lowest BCUT2D eigenvalue weighted by Crippen LogP contribution is -2.35. The van der Waals surface area contributed by atoms with Gasteiger partial charge in [-0.15, -0.1) is 0 Å². The monoisotopic (exact) mass is 352 g/mol. The molecule has 7 heteroatoms. The van der Waals surface area contributed by atoms with Gasteiger partial charge in [-0.25, -0.2) is 0 Å². The summed E-state index contributed by atoms with van der Waals surface area (Å²) in [6.07, 6.45) is 1.78. The average Bonchev–Trinajstić information content (AvgIpc) is 3.09. The van der Waals surface area contributed by atoms with E-state index in [2.05, 4.69) is 18.7 Å². The van der Waals surface area contributed by atoms with E-state index in [1.807, 2.05) is 12.1 Å². The zero-order valence-corrected chi connectivity index (χ0v) is 14.9. The zero-order chi connectivity index (χ0) is 16.4. The standard InChI is InChI=1S/C16H20N2O3S2/c1-11(2)10-18-15(19)13(23-16(18)22)9-12-3-4-14(21-12)17-5-7-20-8-6-17/h3-4,9,11H,5-8,10H2,1-2H3. The van der Waals surface area contributed by atoms with Crippen LogP contribution in [0.5, 0.6) is 0 Å². The lowest BCUT2D eigenvalue weighted by molar-refractivity contribution is -0.122. The number of thioether (sulfide) groups is 1. The summed E-state index contributed by atoms with van der Waals surface area (Å²) in [5.74, 6) is 1.85. The molecule has 2 aliphatic rings. The molecule has 2 aliphatic heterocycles. The van der Waals surface area contributed by atoms with Gasteiger partial charge in [0.1, 0.15) is 10.1 Å². The SMILES string of the molecule is CC(C)CN1C(=O)C(=Cc2ccc(N3CCOCC3)o2)SC1=S. The van der Waals surface area contributed by atoms with E-state index in [1.54, 1.807) is 11.0 Å². The number of carbonyl (C=O) groups is 1. The maximum Gasteiger partial charge on any atom is 0.266 e. The Labute approximate surface area is 145 Å². The van der Waals surface area contributed by atoms with Gasteiger partial charge in [-0.05, 0) is 12.0 Å². The average molecular weight is 352 g/mol. The summed E-state index contributed by atoms with van der Waals surface area (Å²) in [4.78, 5) is 16.9. The van der Waals surface area contributed by atoms with E-state index in [0.717, 1.165) is 19.0 Å². The molecule has 1 aromatic heterocycles. The molecule has 0 spiro atoms. The third-order valence-corrected chi connectivity index (χ3v) is 5.01. The molecule has 0 bridgehead atoms. The Bertz CT molecular complexity index is 633. The molecule has 0 unspecified atom stereocenters. The third-order valence-electron chi connectivity index (χ3n) is 3.63. The number of nitrogens with zero attached hydrogens (tertiary/aromatic N) is 2. The number of hydrogen-bond acceptors (Lipinski definition) is 6. The van der Waals surface area contributed by atoms with Gasteiger partial charge in [-0.3, -0.25) is 9.69 Å². The van der Waals surface area contributed by atoms with Crippen molar-refractivity contribution < 1.29 is 13.9 Å². The van der Waals surface area contributed by atoms with Crippen molar-refractivity contribution >= 4 is 46.2 Å². The summed E-state index contributed by atoms with van der Waals surface area (Å²) in [6, 6.07) is 3.83. The van der Waals surface area contributed by atoms with E-state index in [4.69, 9.17) is 21.4 Å². The van der Waals surface area contributed by atoms with Crippen LogP contribution in [0.15, 0.2) is 21.5 Å². The van der Waals surface area contributed by atoms with E-state index in [9.17, 15) is 4.79 Å². The van der Waals surface area contributed by atoms with Gasteiger partial charge in [0.25, 0.3) is 5.91 Å². The smallest absolute Gasteiger partial charge is 0.266 e. The number of rotatable bonds is 4. The Morgan fingerprint density at radius 1 is 1.35 bits per heavy atom. The van der Waals surface area contributed by atoms with Gasteiger partial charge >= 0.3 is 0 Å². The van der Waals surface area contributed by atoms with Crippen LogP contribution in [0, 0.1) is 5.92 Å². The summed E-state index contributed by atoms with van der Waals surface area (Å²) in [5.41, 5.74) is 0. The highest BCUT2D eigenvalue weighted by atomic mass is 32.2. The number of morpholine rings is 1. The highest BCUT2D eigenvalue weighted by Crippen LogP contribution is 2.33. The minimum absolute atomic E-state index is 0.0296. The molecule has 1 aromatic rings. The van der Waals surface area contributed by atoms with Crippen molar-refractivity contribution in [3.63, 3.8) is 0 Å². The predicted molar refractivity (Wildman–Crippen MR) is 96.5 cm³/mol. The molecule has 3 rings (SSSR count). The minimum Gasteiger partial charge on any atom is -0.441 e. The molecule has 0 radical (unpaired) electrons. The lowest BCUT2D eigenvalue weighted by Gasteiger charge is -2.26. The van der Waals surface area contributed by atoms with Gasteiger partial charge < -0.3 is 14.1 Å². The van der Waals surface area contributed by atoms with Gasteiger partial charge in [0.2, 0.25) is 0 Å². The molecule has 0 aliphatic carbocycles. The second-order valence-corrected chi connectivity index (χ2v) is 7.64. The van der Waals surface area contributed by atoms with E-state index < -0.39 is 0 Å². The first-order valence-corrected chi connectivity index (χ1v) is 8.95. The number of carbonyl (C=O) groups excluding carboxylic acids is 1. The number of ether oxygens (including phenoxy) is 1. The van der Waals surface area contributed by atoms with E-state index in [-0.39, 0.29) is 5.91 Å². The molecule has 1 amide bonds. The molecule has 0 N–H and O–H groups in total. The molecule has 124 valence electrons. The normalized spacial score (nSPS) is 21.1. The fourth-order valence-electron chi connectivity index (χ4n) is 2.53. The Morgan fingerprint density at radius 2 is 2.09 bits per heavy atom. The van der Waals surface area contributed by atoms with Crippen molar-refractivity contribution in [1.82, 2.24) is 4.90 Å². The van der Waals surface area contributed by atoms with Crippen molar-refractivity contribution in [2.24, 2.45) is 5.92 Å². The summed E-state index contributed by atoms with van der Waals surface area (Å²) in [7, 11) is 0. The molecule has 0 saturated carbocycles. The second-order valence-electron chi connectivity index (χ2n) is 5.96. The Hall–Kier alpha value is -1.31. The predicted octanol–water partition coefficient (Wildman–Crippen LogP) is 2.97. The maximum atomic E-state index is 12.4. The molecule has 0 aromatic carbocycles.